The third-order valence-electron chi connectivity index (χ3n) is 1.61. The first-order valence-corrected chi connectivity index (χ1v) is 4.48. The molecule has 3 nitrogen and oxygen atoms in total. The van der Waals surface area contributed by atoms with Gasteiger partial charge < -0.3 is 11.1 Å². The third-order valence-corrected chi connectivity index (χ3v) is 1.86. The Morgan fingerprint density at radius 2 is 2.08 bits per heavy atom. The van der Waals surface area contributed by atoms with E-state index in [0.29, 0.717) is 6.54 Å². The van der Waals surface area contributed by atoms with Crippen LogP contribution in [0.2, 0.25) is 0 Å². The molecule has 0 aromatic heterocycles. The summed E-state index contributed by atoms with van der Waals surface area (Å²) < 4.78 is 0. The number of hydrogen-bond donors (Lipinski definition) is 2. The highest BCUT2D eigenvalue weighted by atomic mass is 32.1. The van der Waals surface area contributed by atoms with Crippen LogP contribution < -0.4 is 11.1 Å². The maximum atomic E-state index is 11.3. The van der Waals surface area contributed by atoms with Crippen LogP contribution in [0.4, 0.5) is 0 Å². The van der Waals surface area contributed by atoms with E-state index < -0.39 is 0 Å². The van der Waals surface area contributed by atoms with Gasteiger partial charge in [-0.2, -0.15) is 0 Å². The van der Waals surface area contributed by atoms with Gasteiger partial charge in [0.05, 0.1) is 10.9 Å². The van der Waals surface area contributed by atoms with Gasteiger partial charge in [0.2, 0.25) is 5.91 Å². The van der Waals surface area contributed by atoms with E-state index in [1.807, 2.05) is 20.8 Å². The van der Waals surface area contributed by atoms with Crippen molar-refractivity contribution in [3.05, 3.63) is 0 Å². The molecule has 1 unspecified atom stereocenters. The fraction of sp³-hybridized carbons (Fsp3) is 0.750. The molecule has 1 amide bonds. The standard InChI is InChI=1S/C8H16N2OS/c1-4-10-8(11)6(5(2)3)7(9)12/h5-6H,4H2,1-3H3,(H2,9,12)(H,10,11). The molecule has 0 radical (unpaired) electrons. The second kappa shape index (κ2) is 5.09. The average molecular weight is 188 g/mol. The molecule has 4 heteroatoms. The van der Waals surface area contributed by atoms with E-state index in [1.165, 1.54) is 0 Å². The minimum Gasteiger partial charge on any atom is -0.393 e. The Kier molecular flexibility index (Phi) is 4.81. The molecule has 12 heavy (non-hydrogen) atoms. The SMILES string of the molecule is CCNC(=O)C(C(N)=S)C(C)C. The summed E-state index contributed by atoms with van der Waals surface area (Å²) in [4.78, 5) is 11.6. The fourth-order valence-electron chi connectivity index (χ4n) is 1.04. The van der Waals surface area contributed by atoms with Crippen molar-refractivity contribution in [3.8, 4) is 0 Å². The molecule has 70 valence electrons. The van der Waals surface area contributed by atoms with Gasteiger partial charge in [-0.25, -0.2) is 0 Å². The lowest BCUT2D eigenvalue weighted by molar-refractivity contribution is -0.123. The normalized spacial score (nSPS) is 12.7. The van der Waals surface area contributed by atoms with Crippen LogP contribution in [0.3, 0.4) is 0 Å². The summed E-state index contributed by atoms with van der Waals surface area (Å²) >= 11 is 4.80. The Morgan fingerprint density at radius 3 is 2.33 bits per heavy atom. The molecule has 0 bridgehead atoms. The number of amides is 1. The molecule has 0 aliphatic heterocycles. The highest BCUT2D eigenvalue weighted by Crippen LogP contribution is 2.10. The molecule has 3 N–H and O–H groups in total. The fourth-order valence-corrected chi connectivity index (χ4v) is 1.42. The molecule has 0 saturated heterocycles. The van der Waals surface area contributed by atoms with Gasteiger partial charge in [-0.15, -0.1) is 0 Å². The first-order valence-electron chi connectivity index (χ1n) is 4.07. The third kappa shape index (κ3) is 3.17. The molecule has 1 atom stereocenters. The predicted octanol–water partition coefficient (Wildman–Crippen LogP) is 0.681. The van der Waals surface area contributed by atoms with Crippen molar-refractivity contribution in [2.24, 2.45) is 17.6 Å². The van der Waals surface area contributed by atoms with Gasteiger partial charge in [0.15, 0.2) is 0 Å². The van der Waals surface area contributed by atoms with Gasteiger partial charge in [-0.05, 0) is 12.8 Å². The van der Waals surface area contributed by atoms with E-state index in [1.54, 1.807) is 0 Å². The smallest absolute Gasteiger partial charge is 0.230 e. The van der Waals surface area contributed by atoms with E-state index in [4.69, 9.17) is 18.0 Å². The van der Waals surface area contributed by atoms with Crippen molar-refractivity contribution in [2.75, 3.05) is 6.54 Å². The molecule has 0 rings (SSSR count). The van der Waals surface area contributed by atoms with Crippen molar-refractivity contribution in [1.82, 2.24) is 5.32 Å². The molecule has 0 aliphatic rings. The van der Waals surface area contributed by atoms with E-state index in [2.05, 4.69) is 5.32 Å². The Morgan fingerprint density at radius 1 is 1.58 bits per heavy atom. The molecule has 0 aliphatic carbocycles. The Bertz CT molecular complexity index is 180. The van der Waals surface area contributed by atoms with Crippen LogP contribution in [0.1, 0.15) is 20.8 Å². The zero-order chi connectivity index (χ0) is 9.72. The van der Waals surface area contributed by atoms with Crippen LogP contribution in [-0.4, -0.2) is 17.4 Å². The number of nitrogens with two attached hydrogens (primary N) is 1. The second-order valence-electron chi connectivity index (χ2n) is 3.02. The summed E-state index contributed by atoms with van der Waals surface area (Å²) in [5.74, 6) is -0.242. The monoisotopic (exact) mass is 188 g/mol. The van der Waals surface area contributed by atoms with Crippen molar-refractivity contribution in [2.45, 2.75) is 20.8 Å². The Hall–Kier alpha value is -0.640. The number of nitrogens with one attached hydrogen (secondary N) is 1. The topological polar surface area (TPSA) is 55.1 Å². The van der Waals surface area contributed by atoms with Gasteiger partial charge in [-0.1, -0.05) is 26.1 Å². The van der Waals surface area contributed by atoms with Crippen molar-refractivity contribution in [1.29, 1.82) is 0 Å². The second-order valence-corrected chi connectivity index (χ2v) is 3.49. The van der Waals surface area contributed by atoms with Crippen LogP contribution in [0.5, 0.6) is 0 Å². The maximum Gasteiger partial charge on any atom is 0.230 e. The summed E-state index contributed by atoms with van der Waals surface area (Å²) in [5.41, 5.74) is 5.44. The van der Waals surface area contributed by atoms with Crippen LogP contribution in [-0.2, 0) is 4.79 Å². The number of carbonyl (C=O) groups is 1. The van der Waals surface area contributed by atoms with Crippen molar-refractivity contribution in [3.63, 3.8) is 0 Å². The van der Waals surface area contributed by atoms with Crippen molar-refractivity contribution >= 4 is 23.1 Å². The van der Waals surface area contributed by atoms with E-state index in [-0.39, 0.29) is 22.7 Å². The summed E-state index contributed by atoms with van der Waals surface area (Å²) in [6, 6.07) is 0. The highest BCUT2D eigenvalue weighted by molar-refractivity contribution is 7.80. The lowest BCUT2D eigenvalue weighted by Crippen LogP contribution is -2.40. The Balaban J connectivity index is 4.30. The van der Waals surface area contributed by atoms with Crippen LogP contribution in [0.15, 0.2) is 0 Å². The van der Waals surface area contributed by atoms with Gasteiger partial charge in [0.1, 0.15) is 0 Å². The quantitative estimate of drug-likeness (QED) is 0.638. The van der Waals surface area contributed by atoms with E-state index >= 15 is 0 Å². The highest BCUT2D eigenvalue weighted by Gasteiger charge is 2.23. The lowest BCUT2D eigenvalue weighted by atomic mass is 9.95. The first-order chi connectivity index (χ1) is 5.50. The lowest BCUT2D eigenvalue weighted by Gasteiger charge is -2.17. The minimum absolute atomic E-state index is 0.0694. The van der Waals surface area contributed by atoms with Crippen LogP contribution in [0, 0.1) is 11.8 Å². The molecule has 0 saturated carbocycles. The summed E-state index contributed by atoms with van der Waals surface area (Å²) in [6.45, 7) is 6.34. The molecule has 0 heterocycles. The summed E-state index contributed by atoms with van der Waals surface area (Å²) in [5, 5.41) is 2.70. The number of thiocarbonyl (C=S) groups is 1. The summed E-state index contributed by atoms with van der Waals surface area (Å²) in [6.07, 6.45) is 0. The van der Waals surface area contributed by atoms with Gasteiger partial charge in [-0.3, -0.25) is 4.79 Å². The number of rotatable bonds is 4. The largest absolute Gasteiger partial charge is 0.393 e. The van der Waals surface area contributed by atoms with Crippen LogP contribution in [0.25, 0.3) is 0 Å². The zero-order valence-electron chi connectivity index (χ0n) is 7.76. The maximum absolute atomic E-state index is 11.3. The number of hydrogen-bond acceptors (Lipinski definition) is 2. The molecule has 0 spiro atoms. The first kappa shape index (κ1) is 11.4. The van der Waals surface area contributed by atoms with Gasteiger partial charge in [0.25, 0.3) is 0 Å². The molecule has 0 aromatic carbocycles. The minimum atomic E-state index is -0.333. The van der Waals surface area contributed by atoms with Crippen molar-refractivity contribution < 1.29 is 4.79 Å². The predicted molar refractivity (Wildman–Crippen MR) is 53.8 cm³/mol. The van der Waals surface area contributed by atoms with Gasteiger partial charge >= 0.3 is 0 Å². The molecular weight excluding hydrogens is 172 g/mol. The Labute approximate surface area is 78.7 Å². The van der Waals surface area contributed by atoms with E-state index in [0.717, 1.165) is 0 Å². The molecule has 0 fully saturated rings. The van der Waals surface area contributed by atoms with Crippen LogP contribution >= 0.6 is 12.2 Å². The van der Waals surface area contributed by atoms with E-state index in [9.17, 15) is 4.79 Å². The zero-order valence-corrected chi connectivity index (χ0v) is 8.57. The van der Waals surface area contributed by atoms with Gasteiger partial charge in [0, 0.05) is 6.54 Å². The molecule has 0 aromatic rings. The molecular formula is C8H16N2OS. The average Bonchev–Trinajstić information content (AvgIpc) is 1.85. The number of carbonyl (C=O) groups excluding carboxylic acids is 1. The summed E-state index contributed by atoms with van der Waals surface area (Å²) in [7, 11) is 0.